The van der Waals surface area contributed by atoms with Crippen molar-refractivity contribution in [2.75, 3.05) is 11.1 Å². The molecule has 2 aromatic rings. The number of thioether (sulfide) groups is 1. The third-order valence-corrected chi connectivity index (χ3v) is 4.59. The van der Waals surface area contributed by atoms with Crippen molar-refractivity contribution in [3.8, 4) is 0 Å². The van der Waals surface area contributed by atoms with Gasteiger partial charge in [-0.2, -0.15) is 0 Å². The Morgan fingerprint density at radius 1 is 1.24 bits per heavy atom. The van der Waals surface area contributed by atoms with Crippen LogP contribution < -0.4 is 5.32 Å². The van der Waals surface area contributed by atoms with Crippen LogP contribution in [0.3, 0.4) is 0 Å². The van der Waals surface area contributed by atoms with Gasteiger partial charge in [0.15, 0.2) is 0 Å². The molecule has 1 fully saturated rings. The van der Waals surface area contributed by atoms with Crippen LogP contribution in [0.5, 0.6) is 0 Å². The first kappa shape index (κ1) is 17.7. The molecule has 2 heterocycles. The summed E-state index contributed by atoms with van der Waals surface area (Å²) in [6.07, 6.45) is 1.41. The number of imide groups is 1. The van der Waals surface area contributed by atoms with Crippen molar-refractivity contribution in [1.29, 1.82) is 0 Å². The molecule has 1 aromatic heterocycles. The first-order valence-corrected chi connectivity index (χ1v) is 8.77. The van der Waals surface area contributed by atoms with Gasteiger partial charge in [0.1, 0.15) is 6.54 Å². The van der Waals surface area contributed by atoms with Crippen molar-refractivity contribution in [3.05, 3.63) is 40.1 Å². The SMILES string of the molecule is O=C(Cn1nncc1CN1C(=O)CSC1=O)Nc1cc(Cl)cc(Cl)c1. The summed E-state index contributed by atoms with van der Waals surface area (Å²) in [6, 6.07) is 4.68. The summed E-state index contributed by atoms with van der Waals surface area (Å²) < 4.78 is 1.32. The number of carbonyl (C=O) groups excluding carboxylic acids is 3. The monoisotopic (exact) mass is 399 g/mol. The zero-order valence-corrected chi connectivity index (χ0v) is 14.9. The lowest BCUT2D eigenvalue weighted by Crippen LogP contribution is -2.30. The van der Waals surface area contributed by atoms with E-state index in [0.717, 1.165) is 16.7 Å². The van der Waals surface area contributed by atoms with Gasteiger partial charge in [0, 0.05) is 15.7 Å². The summed E-state index contributed by atoms with van der Waals surface area (Å²) >= 11 is 12.7. The maximum absolute atomic E-state index is 12.2. The molecule has 0 bridgehead atoms. The van der Waals surface area contributed by atoms with Crippen molar-refractivity contribution in [2.45, 2.75) is 13.1 Å². The third-order valence-electron chi connectivity index (χ3n) is 3.30. The van der Waals surface area contributed by atoms with Gasteiger partial charge in [-0.15, -0.1) is 5.10 Å². The Hall–Kier alpha value is -2.10. The molecular weight excluding hydrogens is 389 g/mol. The van der Waals surface area contributed by atoms with Gasteiger partial charge in [-0.3, -0.25) is 19.3 Å². The summed E-state index contributed by atoms with van der Waals surface area (Å²) in [5.74, 6) is -0.532. The maximum Gasteiger partial charge on any atom is 0.289 e. The Labute approximate surface area is 156 Å². The number of nitrogens with zero attached hydrogens (tertiary/aromatic N) is 4. The molecule has 0 spiro atoms. The number of halogens is 2. The lowest BCUT2D eigenvalue weighted by Gasteiger charge is -2.13. The topological polar surface area (TPSA) is 97.2 Å². The fourth-order valence-corrected chi connectivity index (χ4v) is 3.44. The molecule has 1 N–H and O–H groups in total. The minimum Gasteiger partial charge on any atom is -0.324 e. The van der Waals surface area contributed by atoms with Gasteiger partial charge < -0.3 is 5.32 Å². The normalized spacial score (nSPS) is 14.2. The fraction of sp³-hybridized carbons (Fsp3) is 0.214. The lowest BCUT2D eigenvalue weighted by atomic mass is 10.3. The molecule has 0 unspecified atom stereocenters. The number of amides is 3. The molecule has 1 aromatic carbocycles. The molecule has 0 aliphatic carbocycles. The Morgan fingerprint density at radius 3 is 2.60 bits per heavy atom. The van der Waals surface area contributed by atoms with Crippen LogP contribution in [0.1, 0.15) is 5.69 Å². The molecule has 8 nitrogen and oxygen atoms in total. The Balaban J connectivity index is 1.67. The van der Waals surface area contributed by atoms with Gasteiger partial charge in [0.05, 0.1) is 24.2 Å². The highest BCUT2D eigenvalue weighted by molar-refractivity contribution is 8.14. The molecule has 130 valence electrons. The fourth-order valence-electron chi connectivity index (χ4n) is 2.19. The highest BCUT2D eigenvalue weighted by atomic mass is 35.5. The number of rotatable bonds is 5. The molecule has 0 saturated carbocycles. The molecule has 0 atom stereocenters. The number of aromatic nitrogens is 3. The van der Waals surface area contributed by atoms with Crippen LogP contribution in [0.25, 0.3) is 0 Å². The number of nitrogens with one attached hydrogen (secondary N) is 1. The highest BCUT2D eigenvalue weighted by Crippen LogP contribution is 2.23. The largest absolute Gasteiger partial charge is 0.324 e. The highest BCUT2D eigenvalue weighted by Gasteiger charge is 2.30. The summed E-state index contributed by atoms with van der Waals surface area (Å²) in [7, 11) is 0. The first-order valence-electron chi connectivity index (χ1n) is 7.03. The number of carbonyl (C=O) groups is 3. The van der Waals surface area contributed by atoms with Gasteiger partial charge in [-0.25, -0.2) is 4.68 Å². The quantitative estimate of drug-likeness (QED) is 0.828. The second-order valence-electron chi connectivity index (χ2n) is 5.12. The molecule has 25 heavy (non-hydrogen) atoms. The van der Waals surface area contributed by atoms with Crippen LogP contribution in [-0.4, -0.2) is 42.7 Å². The van der Waals surface area contributed by atoms with E-state index in [4.69, 9.17) is 23.2 Å². The van der Waals surface area contributed by atoms with Crippen molar-refractivity contribution < 1.29 is 14.4 Å². The van der Waals surface area contributed by atoms with Crippen LogP contribution >= 0.6 is 35.0 Å². The van der Waals surface area contributed by atoms with Crippen LogP contribution in [0.2, 0.25) is 10.0 Å². The molecule has 0 radical (unpaired) electrons. The average Bonchev–Trinajstić information content (AvgIpc) is 3.08. The summed E-state index contributed by atoms with van der Waals surface area (Å²) in [5.41, 5.74) is 0.925. The van der Waals surface area contributed by atoms with E-state index in [-0.39, 0.29) is 35.9 Å². The van der Waals surface area contributed by atoms with Crippen molar-refractivity contribution in [2.24, 2.45) is 0 Å². The predicted molar refractivity (Wildman–Crippen MR) is 93.5 cm³/mol. The van der Waals surface area contributed by atoms with E-state index in [1.54, 1.807) is 18.2 Å². The first-order chi connectivity index (χ1) is 11.9. The van der Waals surface area contributed by atoms with Gasteiger partial charge in [-0.1, -0.05) is 40.2 Å². The van der Waals surface area contributed by atoms with Crippen molar-refractivity contribution in [1.82, 2.24) is 19.9 Å². The lowest BCUT2D eigenvalue weighted by molar-refractivity contribution is -0.125. The van der Waals surface area contributed by atoms with Crippen molar-refractivity contribution in [3.63, 3.8) is 0 Å². The van der Waals surface area contributed by atoms with E-state index in [0.29, 0.717) is 21.4 Å². The Kier molecular flexibility index (Phi) is 5.26. The van der Waals surface area contributed by atoms with Crippen LogP contribution in [-0.2, 0) is 22.7 Å². The van der Waals surface area contributed by atoms with E-state index >= 15 is 0 Å². The molecule has 1 saturated heterocycles. The van der Waals surface area contributed by atoms with E-state index in [1.807, 2.05) is 0 Å². The van der Waals surface area contributed by atoms with E-state index < -0.39 is 0 Å². The molecule has 1 aliphatic rings. The zero-order valence-electron chi connectivity index (χ0n) is 12.6. The summed E-state index contributed by atoms with van der Waals surface area (Å²) in [6.45, 7) is -0.114. The molecular formula is C14H11Cl2N5O3S. The number of hydrogen-bond donors (Lipinski definition) is 1. The number of hydrogen-bond acceptors (Lipinski definition) is 6. The number of benzene rings is 1. The molecule has 3 amide bonds. The molecule has 11 heteroatoms. The molecule has 1 aliphatic heterocycles. The predicted octanol–water partition coefficient (Wildman–Crippen LogP) is 2.42. The Morgan fingerprint density at radius 2 is 1.96 bits per heavy atom. The standard InChI is InChI=1S/C14H11Cl2N5O3S/c15-8-1-9(16)3-10(2-8)18-12(22)6-21-11(4-17-19-21)5-20-13(23)7-25-14(20)24/h1-4H,5-7H2,(H,18,22). The van der Waals surface area contributed by atoms with Crippen LogP contribution in [0, 0.1) is 0 Å². The third kappa shape index (κ3) is 4.30. The summed E-state index contributed by atoms with van der Waals surface area (Å²) in [5, 5.41) is 10.7. The molecule has 3 rings (SSSR count). The second-order valence-corrected chi connectivity index (χ2v) is 6.92. The van der Waals surface area contributed by atoms with Gasteiger partial charge in [-0.05, 0) is 18.2 Å². The second kappa shape index (κ2) is 7.42. The minimum absolute atomic E-state index is 0.0218. The van der Waals surface area contributed by atoms with Crippen molar-refractivity contribution >= 4 is 57.7 Å². The maximum atomic E-state index is 12.2. The smallest absolute Gasteiger partial charge is 0.289 e. The van der Waals surface area contributed by atoms with E-state index in [9.17, 15) is 14.4 Å². The van der Waals surface area contributed by atoms with Gasteiger partial charge in [0.2, 0.25) is 11.8 Å². The van der Waals surface area contributed by atoms with Gasteiger partial charge >= 0.3 is 0 Å². The average molecular weight is 400 g/mol. The zero-order chi connectivity index (χ0) is 18.0. The van der Waals surface area contributed by atoms with Crippen LogP contribution in [0.4, 0.5) is 10.5 Å². The van der Waals surface area contributed by atoms with Gasteiger partial charge in [0.25, 0.3) is 5.24 Å². The summed E-state index contributed by atoms with van der Waals surface area (Å²) in [4.78, 5) is 36.6. The van der Waals surface area contributed by atoms with E-state index in [1.165, 1.54) is 10.9 Å². The number of anilines is 1. The van der Waals surface area contributed by atoms with Crippen LogP contribution in [0.15, 0.2) is 24.4 Å². The Bertz CT molecular complexity index is 820. The minimum atomic E-state index is -0.376. The van der Waals surface area contributed by atoms with E-state index in [2.05, 4.69) is 15.6 Å².